The molecule has 2 fully saturated rings. The van der Waals surface area contributed by atoms with Crippen molar-refractivity contribution in [3.63, 3.8) is 0 Å². The molecule has 3 aromatic rings. The number of carbonyl (C=O) groups is 1. The smallest absolute Gasteiger partial charge is 0.336 e. The van der Waals surface area contributed by atoms with E-state index < -0.39 is 5.97 Å². The Bertz CT molecular complexity index is 1250. The second kappa shape index (κ2) is 10.1. The van der Waals surface area contributed by atoms with Gasteiger partial charge in [0.1, 0.15) is 13.2 Å². The van der Waals surface area contributed by atoms with E-state index in [9.17, 15) is 9.90 Å². The van der Waals surface area contributed by atoms with Crippen molar-refractivity contribution >= 4 is 16.9 Å². The number of hydrogen-bond donors (Lipinski definition) is 1. The number of ether oxygens (including phenoxy) is 2. The van der Waals surface area contributed by atoms with Crippen LogP contribution in [0.5, 0.6) is 11.5 Å². The Balaban J connectivity index is 1.38. The average molecular weight is 488 g/mol. The van der Waals surface area contributed by atoms with Gasteiger partial charge in [0.15, 0.2) is 11.5 Å². The van der Waals surface area contributed by atoms with Crippen LogP contribution in [-0.4, -0.2) is 71.3 Å². The van der Waals surface area contributed by atoms with Gasteiger partial charge in [-0.2, -0.15) is 0 Å². The summed E-state index contributed by atoms with van der Waals surface area (Å²) in [4.78, 5) is 22.9. The molecule has 7 nitrogen and oxygen atoms in total. The molecule has 0 saturated carbocycles. The van der Waals surface area contributed by atoms with E-state index in [0.717, 1.165) is 42.8 Å². The minimum atomic E-state index is -0.936. The topological polar surface area (TPSA) is 75.1 Å². The zero-order chi connectivity index (χ0) is 24.5. The number of carboxylic acid groups (broad SMARTS) is 1. The minimum absolute atomic E-state index is 0.314. The van der Waals surface area contributed by atoms with Crippen LogP contribution in [0.2, 0.25) is 0 Å². The SMILES string of the molecule is O=C(O)c1c(CN2CCC(N3CCCCC3)CC2)c(-c2ccccc2)nc2cc3c(cc12)OCCO3. The van der Waals surface area contributed by atoms with Crippen molar-refractivity contribution < 1.29 is 19.4 Å². The largest absolute Gasteiger partial charge is 0.486 e. The van der Waals surface area contributed by atoms with E-state index in [0.29, 0.717) is 53.8 Å². The van der Waals surface area contributed by atoms with Crippen molar-refractivity contribution in [2.75, 3.05) is 39.4 Å². The molecule has 0 radical (unpaired) electrons. The maximum Gasteiger partial charge on any atom is 0.336 e. The van der Waals surface area contributed by atoms with Gasteiger partial charge in [-0.05, 0) is 57.9 Å². The van der Waals surface area contributed by atoms with Gasteiger partial charge < -0.3 is 19.5 Å². The molecular weight excluding hydrogens is 454 g/mol. The lowest BCUT2D eigenvalue weighted by Crippen LogP contribution is -2.46. The van der Waals surface area contributed by atoms with Crippen molar-refractivity contribution in [1.29, 1.82) is 0 Å². The number of fused-ring (bicyclic) bond motifs is 2. The van der Waals surface area contributed by atoms with Gasteiger partial charge >= 0.3 is 5.97 Å². The lowest BCUT2D eigenvalue weighted by molar-refractivity contribution is 0.0692. The Labute approximate surface area is 211 Å². The van der Waals surface area contributed by atoms with Gasteiger partial charge in [-0.1, -0.05) is 36.8 Å². The zero-order valence-electron chi connectivity index (χ0n) is 20.6. The summed E-state index contributed by atoms with van der Waals surface area (Å²) in [5.74, 6) is 0.261. The summed E-state index contributed by atoms with van der Waals surface area (Å²) in [5, 5.41) is 11.1. The molecule has 0 aliphatic carbocycles. The highest BCUT2D eigenvalue weighted by molar-refractivity contribution is 6.06. The molecule has 188 valence electrons. The number of carboxylic acids is 1. The van der Waals surface area contributed by atoms with Crippen molar-refractivity contribution in [2.24, 2.45) is 0 Å². The van der Waals surface area contributed by atoms with Gasteiger partial charge in [-0.15, -0.1) is 0 Å². The number of piperidine rings is 2. The molecule has 0 spiro atoms. The van der Waals surface area contributed by atoms with Crippen LogP contribution in [0, 0.1) is 0 Å². The fourth-order valence-corrected chi connectivity index (χ4v) is 6.02. The van der Waals surface area contributed by atoms with Crippen LogP contribution in [-0.2, 0) is 6.54 Å². The number of likely N-dealkylation sites (tertiary alicyclic amines) is 2. The fourth-order valence-electron chi connectivity index (χ4n) is 6.02. The molecule has 2 aromatic carbocycles. The summed E-state index contributed by atoms with van der Waals surface area (Å²) in [5.41, 5.74) is 3.36. The zero-order valence-corrected chi connectivity index (χ0v) is 20.6. The first-order valence-electron chi connectivity index (χ1n) is 13.2. The Hall–Kier alpha value is -3.16. The first-order valence-corrected chi connectivity index (χ1v) is 13.2. The highest BCUT2D eigenvalue weighted by atomic mass is 16.6. The third-order valence-corrected chi connectivity index (χ3v) is 7.86. The third-order valence-electron chi connectivity index (χ3n) is 7.86. The lowest BCUT2D eigenvalue weighted by Gasteiger charge is -2.40. The summed E-state index contributed by atoms with van der Waals surface area (Å²) in [6, 6.07) is 14.2. The first kappa shape index (κ1) is 23.3. The highest BCUT2D eigenvalue weighted by Crippen LogP contribution is 2.39. The molecule has 6 rings (SSSR count). The van der Waals surface area contributed by atoms with Crippen LogP contribution < -0.4 is 9.47 Å². The van der Waals surface area contributed by atoms with Gasteiger partial charge in [-0.3, -0.25) is 4.90 Å². The first-order chi connectivity index (χ1) is 17.7. The summed E-state index contributed by atoms with van der Waals surface area (Å²) < 4.78 is 11.5. The van der Waals surface area contributed by atoms with E-state index in [1.165, 1.54) is 32.4 Å². The number of benzene rings is 2. The van der Waals surface area contributed by atoms with Gasteiger partial charge in [0.2, 0.25) is 0 Å². The Morgan fingerprint density at radius 2 is 1.64 bits per heavy atom. The molecular formula is C29H33N3O4. The van der Waals surface area contributed by atoms with E-state index in [1.807, 2.05) is 36.4 Å². The maximum atomic E-state index is 12.8. The van der Waals surface area contributed by atoms with Crippen molar-refractivity contribution in [3.8, 4) is 22.8 Å². The fraction of sp³-hybridized carbons (Fsp3) is 0.448. The number of hydrogen-bond acceptors (Lipinski definition) is 6. The Morgan fingerprint density at radius 3 is 2.33 bits per heavy atom. The molecule has 3 aliphatic rings. The second-order valence-corrected chi connectivity index (χ2v) is 10.1. The minimum Gasteiger partial charge on any atom is -0.486 e. The summed E-state index contributed by atoms with van der Waals surface area (Å²) in [7, 11) is 0. The second-order valence-electron chi connectivity index (χ2n) is 10.1. The number of pyridine rings is 1. The standard InChI is InChI=1S/C29H33N3O4/c33-29(34)27-22-17-25-26(36-16-15-35-25)18-24(22)30-28(20-7-3-1-4-8-20)23(27)19-31-13-9-21(10-14-31)32-11-5-2-6-12-32/h1,3-4,7-8,17-18,21H,2,5-6,9-16,19H2,(H,33,34). The normalized spacial score (nSPS) is 19.4. The average Bonchev–Trinajstić information content (AvgIpc) is 2.93. The molecule has 7 heteroatoms. The number of aromatic carboxylic acids is 1. The molecule has 0 atom stereocenters. The number of aromatic nitrogens is 1. The summed E-state index contributed by atoms with van der Waals surface area (Å²) in [6.07, 6.45) is 6.23. The van der Waals surface area contributed by atoms with Crippen LogP contribution in [0.25, 0.3) is 22.2 Å². The van der Waals surface area contributed by atoms with Crippen LogP contribution in [0.3, 0.4) is 0 Å². The number of nitrogens with zero attached hydrogens (tertiary/aromatic N) is 3. The quantitative estimate of drug-likeness (QED) is 0.553. The van der Waals surface area contributed by atoms with Crippen LogP contribution in [0.15, 0.2) is 42.5 Å². The molecule has 1 N–H and O–H groups in total. The summed E-state index contributed by atoms with van der Waals surface area (Å²) >= 11 is 0. The van der Waals surface area contributed by atoms with Crippen LogP contribution >= 0.6 is 0 Å². The molecule has 2 saturated heterocycles. The predicted octanol–water partition coefficient (Wildman–Crippen LogP) is 4.82. The van der Waals surface area contributed by atoms with Gasteiger partial charge in [0.25, 0.3) is 0 Å². The van der Waals surface area contributed by atoms with E-state index >= 15 is 0 Å². The highest BCUT2D eigenvalue weighted by Gasteiger charge is 2.29. The van der Waals surface area contributed by atoms with E-state index in [-0.39, 0.29) is 0 Å². The van der Waals surface area contributed by atoms with E-state index in [1.54, 1.807) is 6.07 Å². The third kappa shape index (κ3) is 4.53. The predicted molar refractivity (Wildman–Crippen MR) is 139 cm³/mol. The van der Waals surface area contributed by atoms with Crippen LogP contribution in [0.4, 0.5) is 0 Å². The van der Waals surface area contributed by atoms with Crippen molar-refractivity contribution in [1.82, 2.24) is 14.8 Å². The van der Waals surface area contributed by atoms with E-state index in [2.05, 4.69) is 9.80 Å². The Kier molecular flexibility index (Phi) is 6.50. The van der Waals surface area contributed by atoms with Gasteiger partial charge in [0.05, 0.1) is 16.8 Å². The lowest BCUT2D eigenvalue weighted by atomic mass is 9.94. The molecule has 0 amide bonds. The summed E-state index contributed by atoms with van der Waals surface area (Å²) in [6.45, 7) is 5.86. The van der Waals surface area contributed by atoms with Crippen molar-refractivity contribution in [3.05, 3.63) is 53.6 Å². The number of rotatable bonds is 5. The van der Waals surface area contributed by atoms with Gasteiger partial charge in [-0.25, -0.2) is 9.78 Å². The van der Waals surface area contributed by atoms with E-state index in [4.69, 9.17) is 14.5 Å². The molecule has 36 heavy (non-hydrogen) atoms. The monoisotopic (exact) mass is 487 g/mol. The van der Waals surface area contributed by atoms with Crippen molar-refractivity contribution in [2.45, 2.75) is 44.7 Å². The maximum absolute atomic E-state index is 12.8. The molecule has 0 unspecified atom stereocenters. The molecule has 0 bridgehead atoms. The van der Waals surface area contributed by atoms with Crippen LogP contribution in [0.1, 0.15) is 48.0 Å². The molecule has 1 aromatic heterocycles. The Morgan fingerprint density at radius 1 is 0.944 bits per heavy atom. The molecule has 3 aliphatic heterocycles. The van der Waals surface area contributed by atoms with Gasteiger partial charge in [0, 0.05) is 35.2 Å². The molecule has 4 heterocycles.